The standard InChI is InChI=1S/C11H12NO.3CH3.Sn/c1-2-11(13-7-1)10-8-9-3-5-12(10)6-4-9;;;;/h1,7-9H,3-6H2;3*1H3;. The van der Waals surface area contributed by atoms with E-state index in [4.69, 9.17) is 4.42 Å². The Kier molecular flexibility index (Phi) is 2.80. The van der Waals surface area contributed by atoms with E-state index in [2.05, 4.69) is 31.9 Å². The monoisotopic (exact) mass is 339 g/mol. The summed E-state index contributed by atoms with van der Waals surface area (Å²) in [5, 5.41) is 0. The zero-order valence-corrected chi connectivity index (χ0v) is 13.8. The molecule has 0 amide bonds. The summed E-state index contributed by atoms with van der Waals surface area (Å²) < 4.78 is 7.37. The molecule has 3 aliphatic heterocycles. The Morgan fingerprint density at radius 2 is 1.94 bits per heavy atom. The Bertz CT molecular complexity index is 447. The number of rotatable bonds is 2. The van der Waals surface area contributed by atoms with Gasteiger partial charge in [-0.25, -0.2) is 0 Å². The Labute approximate surface area is 108 Å². The summed E-state index contributed by atoms with van der Waals surface area (Å²) in [6, 6.07) is 2.22. The number of piperidine rings is 1. The Balaban J connectivity index is 2.03. The van der Waals surface area contributed by atoms with E-state index >= 15 is 0 Å². The summed E-state index contributed by atoms with van der Waals surface area (Å²) in [5.74, 6) is 1.99. The molecule has 0 radical (unpaired) electrons. The first kappa shape index (κ1) is 11.7. The van der Waals surface area contributed by atoms with Gasteiger partial charge in [0.2, 0.25) is 0 Å². The van der Waals surface area contributed by atoms with Crippen molar-refractivity contribution in [1.29, 1.82) is 0 Å². The first-order valence-electron chi connectivity index (χ1n) is 6.61. The van der Waals surface area contributed by atoms with Crippen LogP contribution in [0.3, 0.4) is 0 Å². The fraction of sp³-hybridized carbons (Fsp3) is 0.571. The first-order chi connectivity index (χ1) is 8.05. The van der Waals surface area contributed by atoms with Gasteiger partial charge in [0.1, 0.15) is 0 Å². The van der Waals surface area contributed by atoms with Gasteiger partial charge in [0, 0.05) is 0 Å². The molecular formula is C14H21NOSn. The molecule has 17 heavy (non-hydrogen) atoms. The molecule has 0 saturated carbocycles. The molecule has 0 aliphatic carbocycles. The van der Waals surface area contributed by atoms with Gasteiger partial charge in [-0.1, -0.05) is 0 Å². The molecule has 0 N–H and O–H groups in total. The average Bonchev–Trinajstić information content (AvgIpc) is 2.79. The normalized spacial score (nSPS) is 20.9. The molecule has 3 heteroatoms. The van der Waals surface area contributed by atoms with Crippen LogP contribution in [0.25, 0.3) is 5.70 Å². The van der Waals surface area contributed by atoms with E-state index in [-0.39, 0.29) is 0 Å². The van der Waals surface area contributed by atoms with Crippen LogP contribution in [0.4, 0.5) is 0 Å². The fourth-order valence-electron chi connectivity index (χ4n) is 2.95. The summed E-state index contributed by atoms with van der Waals surface area (Å²) >= 11 is -2.04. The third-order valence-corrected chi connectivity index (χ3v) is 9.72. The molecule has 0 aromatic carbocycles. The van der Waals surface area contributed by atoms with E-state index in [1.807, 2.05) is 6.26 Å². The predicted molar refractivity (Wildman–Crippen MR) is 74.0 cm³/mol. The SMILES string of the molecule is [CH3][Sn]([CH3])([CH3])[c]1ccoc1C1=CC2CCN1CC2. The van der Waals surface area contributed by atoms with Gasteiger partial charge in [0.05, 0.1) is 0 Å². The van der Waals surface area contributed by atoms with Gasteiger partial charge < -0.3 is 0 Å². The molecule has 1 aromatic rings. The van der Waals surface area contributed by atoms with Crippen molar-refractivity contribution >= 4 is 27.7 Å². The number of fused-ring (bicyclic) bond motifs is 2. The van der Waals surface area contributed by atoms with E-state index in [0.717, 1.165) is 5.92 Å². The van der Waals surface area contributed by atoms with Crippen molar-refractivity contribution < 1.29 is 4.42 Å². The molecule has 0 unspecified atom stereocenters. The topological polar surface area (TPSA) is 16.4 Å². The minimum absolute atomic E-state index is 0.795. The Morgan fingerprint density at radius 3 is 2.47 bits per heavy atom. The van der Waals surface area contributed by atoms with Crippen molar-refractivity contribution in [3.63, 3.8) is 0 Å². The van der Waals surface area contributed by atoms with Crippen LogP contribution in [0, 0.1) is 5.92 Å². The molecule has 0 spiro atoms. The van der Waals surface area contributed by atoms with E-state index in [1.54, 1.807) is 0 Å². The summed E-state index contributed by atoms with van der Waals surface area (Å²) in [4.78, 5) is 9.89. The maximum absolute atomic E-state index is 5.83. The molecule has 2 nitrogen and oxygen atoms in total. The van der Waals surface area contributed by atoms with Gasteiger partial charge in [-0.2, -0.15) is 0 Å². The van der Waals surface area contributed by atoms with E-state index < -0.39 is 18.4 Å². The summed E-state index contributed by atoms with van der Waals surface area (Å²) in [5.41, 5.74) is 1.39. The molecule has 1 fully saturated rings. The van der Waals surface area contributed by atoms with Crippen LogP contribution < -0.4 is 3.58 Å². The third-order valence-electron chi connectivity index (χ3n) is 3.98. The summed E-state index contributed by atoms with van der Waals surface area (Å²) in [6.07, 6.45) is 7.00. The molecule has 1 aromatic heterocycles. The number of hydrogen-bond donors (Lipinski definition) is 0. The molecule has 1 saturated heterocycles. The van der Waals surface area contributed by atoms with Crippen LogP contribution in [0.5, 0.6) is 0 Å². The zero-order valence-electron chi connectivity index (χ0n) is 11.0. The number of allylic oxidation sites excluding steroid dienone is 1. The summed E-state index contributed by atoms with van der Waals surface area (Å²) in [6.45, 7) is 2.44. The molecule has 4 rings (SSSR count). The molecule has 92 valence electrons. The van der Waals surface area contributed by atoms with Crippen molar-refractivity contribution in [3.8, 4) is 0 Å². The van der Waals surface area contributed by atoms with Gasteiger partial charge in [0.25, 0.3) is 0 Å². The Hall–Kier alpha value is -0.381. The van der Waals surface area contributed by atoms with Crippen LogP contribution in [0.1, 0.15) is 18.6 Å². The van der Waals surface area contributed by atoms with Gasteiger partial charge >= 0.3 is 108 Å². The van der Waals surface area contributed by atoms with Crippen molar-refractivity contribution in [2.24, 2.45) is 5.92 Å². The number of nitrogens with zero attached hydrogens (tertiary/aromatic N) is 1. The fourth-order valence-corrected chi connectivity index (χ4v) is 7.05. The van der Waals surface area contributed by atoms with Gasteiger partial charge in [0.15, 0.2) is 0 Å². The molecule has 0 atom stereocenters. The second-order valence-electron chi connectivity index (χ2n) is 6.29. The van der Waals surface area contributed by atoms with E-state index in [1.165, 1.54) is 41.0 Å². The number of hydrogen-bond acceptors (Lipinski definition) is 2. The van der Waals surface area contributed by atoms with Gasteiger partial charge in [-0.15, -0.1) is 0 Å². The molecule has 4 heterocycles. The van der Waals surface area contributed by atoms with E-state index in [9.17, 15) is 0 Å². The van der Waals surface area contributed by atoms with Crippen molar-refractivity contribution in [2.75, 3.05) is 13.1 Å². The van der Waals surface area contributed by atoms with Crippen LogP contribution in [0.2, 0.25) is 14.8 Å². The van der Waals surface area contributed by atoms with Crippen LogP contribution in [0.15, 0.2) is 22.8 Å². The minimum atomic E-state index is -2.04. The first-order valence-corrected chi connectivity index (χ1v) is 16.6. The maximum atomic E-state index is 5.83. The zero-order chi connectivity index (χ0) is 12.0. The average molecular weight is 338 g/mol. The second-order valence-corrected chi connectivity index (χ2v) is 20.7. The molecule has 2 bridgehead atoms. The van der Waals surface area contributed by atoms with Gasteiger partial charge in [-0.05, 0) is 0 Å². The van der Waals surface area contributed by atoms with Crippen LogP contribution in [-0.2, 0) is 0 Å². The quantitative estimate of drug-likeness (QED) is 0.771. The molecular weight excluding hydrogens is 317 g/mol. The van der Waals surface area contributed by atoms with Crippen LogP contribution >= 0.6 is 0 Å². The van der Waals surface area contributed by atoms with E-state index in [0.29, 0.717) is 0 Å². The third kappa shape index (κ3) is 2.05. The molecule has 3 aliphatic rings. The van der Waals surface area contributed by atoms with Crippen LogP contribution in [-0.4, -0.2) is 36.4 Å². The van der Waals surface area contributed by atoms with Gasteiger partial charge in [-0.3, -0.25) is 0 Å². The van der Waals surface area contributed by atoms with Crippen molar-refractivity contribution in [1.82, 2.24) is 4.90 Å². The predicted octanol–water partition coefficient (Wildman–Crippen LogP) is 2.89. The van der Waals surface area contributed by atoms with Crippen molar-refractivity contribution in [2.45, 2.75) is 27.7 Å². The summed E-state index contributed by atoms with van der Waals surface area (Å²) in [7, 11) is 0. The van der Waals surface area contributed by atoms with Crippen molar-refractivity contribution in [3.05, 3.63) is 24.2 Å². The number of furan rings is 1. The second kappa shape index (κ2) is 4.08. The Morgan fingerprint density at radius 1 is 1.24 bits per heavy atom.